The van der Waals surface area contributed by atoms with E-state index in [1.165, 1.54) is 4.90 Å². The summed E-state index contributed by atoms with van der Waals surface area (Å²) in [5, 5.41) is 5.86. The standard InChI is InChI=1S/C30H41F3N6O3/c1-19-7-8-22(35-26(40)38-12-9-20(17-38)16-30(31,32)33)15-23(19)21-13-24(34)36-25(14-21)39-11-6-10-29(5,18-39)37-27(41)42-28(2,3)4/h7-8,13-15,20H,6,9-12,16-18H2,1-5H3,(H2,34,36)(H,35,40)(H,37,41)/t20-,29-/m0/s1. The number of nitrogen functional groups attached to an aromatic ring is 1. The number of aryl methyl sites for hydroxylation is 1. The minimum absolute atomic E-state index is 0.0752. The average molecular weight is 591 g/mol. The van der Waals surface area contributed by atoms with Crippen LogP contribution < -0.4 is 21.3 Å². The van der Waals surface area contributed by atoms with Crippen LogP contribution in [0.3, 0.4) is 0 Å². The topological polar surface area (TPSA) is 113 Å². The molecule has 1 aromatic heterocycles. The first-order chi connectivity index (χ1) is 19.5. The highest BCUT2D eigenvalue weighted by molar-refractivity contribution is 5.91. The Hall–Kier alpha value is -3.70. The average Bonchev–Trinajstić information content (AvgIpc) is 3.30. The summed E-state index contributed by atoms with van der Waals surface area (Å²) in [5.74, 6) is 0.415. The van der Waals surface area contributed by atoms with E-state index in [2.05, 4.69) is 20.5 Å². The second-order valence-corrected chi connectivity index (χ2v) is 12.7. The number of alkyl carbamates (subject to hydrolysis) is 1. The number of likely N-dealkylation sites (tertiary alicyclic amines) is 1. The molecule has 2 fully saturated rings. The molecule has 0 saturated carbocycles. The van der Waals surface area contributed by atoms with E-state index in [1.54, 1.807) is 12.1 Å². The molecule has 2 aliphatic rings. The first kappa shape index (κ1) is 31.2. The molecule has 230 valence electrons. The number of benzene rings is 1. The van der Waals surface area contributed by atoms with Crippen LogP contribution in [0.4, 0.5) is 40.1 Å². The Bertz CT molecular complexity index is 1310. The molecule has 0 radical (unpaired) electrons. The summed E-state index contributed by atoms with van der Waals surface area (Å²) in [6.45, 7) is 11.0. The molecule has 0 spiro atoms. The number of nitrogens with two attached hydrogens (primary N) is 1. The van der Waals surface area contributed by atoms with Gasteiger partial charge in [-0.15, -0.1) is 0 Å². The van der Waals surface area contributed by atoms with Gasteiger partial charge in [0.25, 0.3) is 0 Å². The van der Waals surface area contributed by atoms with Crippen molar-refractivity contribution in [2.75, 3.05) is 42.1 Å². The number of carbonyl (C=O) groups is 2. The third kappa shape index (κ3) is 8.42. The van der Waals surface area contributed by atoms with E-state index in [1.807, 2.05) is 52.8 Å². The van der Waals surface area contributed by atoms with Gasteiger partial charge < -0.3 is 30.9 Å². The second-order valence-electron chi connectivity index (χ2n) is 12.7. The zero-order chi connectivity index (χ0) is 30.9. The van der Waals surface area contributed by atoms with Crippen LogP contribution >= 0.6 is 0 Å². The quantitative estimate of drug-likeness (QED) is 0.375. The first-order valence-corrected chi connectivity index (χ1v) is 14.3. The van der Waals surface area contributed by atoms with Crippen LogP contribution in [0.1, 0.15) is 58.9 Å². The number of rotatable bonds is 5. The number of hydrogen-bond donors (Lipinski definition) is 3. The van der Waals surface area contributed by atoms with Crippen LogP contribution in [0.15, 0.2) is 30.3 Å². The number of pyridine rings is 1. The molecule has 2 aliphatic heterocycles. The Kier molecular flexibility index (Phi) is 8.84. The van der Waals surface area contributed by atoms with E-state index in [0.29, 0.717) is 30.3 Å². The molecule has 0 unspecified atom stereocenters. The third-order valence-electron chi connectivity index (χ3n) is 7.55. The summed E-state index contributed by atoms with van der Waals surface area (Å²) in [5.41, 5.74) is 8.25. The third-order valence-corrected chi connectivity index (χ3v) is 7.55. The maximum atomic E-state index is 12.8. The van der Waals surface area contributed by atoms with E-state index in [0.717, 1.165) is 36.1 Å². The number of anilines is 3. The van der Waals surface area contributed by atoms with Gasteiger partial charge in [-0.2, -0.15) is 13.2 Å². The molecule has 2 atom stereocenters. The monoisotopic (exact) mass is 590 g/mol. The summed E-state index contributed by atoms with van der Waals surface area (Å²) in [6, 6.07) is 8.76. The van der Waals surface area contributed by atoms with Crippen LogP contribution in [-0.2, 0) is 4.74 Å². The van der Waals surface area contributed by atoms with Gasteiger partial charge in [0.15, 0.2) is 0 Å². The molecular formula is C30H41F3N6O3. The van der Waals surface area contributed by atoms with Gasteiger partial charge in [0, 0.05) is 38.3 Å². The normalized spacial score (nSPS) is 21.3. The Morgan fingerprint density at radius 1 is 1.17 bits per heavy atom. The van der Waals surface area contributed by atoms with Crippen LogP contribution in [0.2, 0.25) is 0 Å². The number of amides is 3. The second kappa shape index (κ2) is 11.9. The van der Waals surface area contributed by atoms with Gasteiger partial charge in [-0.3, -0.25) is 0 Å². The highest BCUT2D eigenvalue weighted by Gasteiger charge is 2.37. The molecule has 0 bridgehead atoms. The van der Waals surface area contributed by atoms with Crippen LogP contribution in [-0.4, -0.2) is 65.5 Å². The van der Waals surface area contributed by atoms with Gasteiger partial charge >= 0.3 is 18.3 Å². The van der Waals surface area contributed by atoms with Crippen molar-refractivity contribution in [1.29, 1.82) is 0 Å². The van der Waals surface area contributed by atoms with Crippen molar-refractivity contribution in [3.05, 3.63) is 35.9 Å². The fourth-order valence-electron chi connectivity index (χ4n) is 5.67. The molecule has 2 aromatic rings. The number of urea groups is 1. The molecule has 3 amide bonds. The molecular weight excluding hydrogens is 549 g/mol. The minimum atomic E-state index is -4.24. The smallest absolute Gasteiger partial charge is 0.408 e. The van der Waals surface area contributed by atoms with Gasteiger partial charge in [0.05, 0.1) is 5.54 Å². The van der Waals surface area contributed by atoms with Crippen LogP contribution in [0.25, 0.3) is 11.1 Å². The van der Waals surface area contributed by atoms with E-state index in [9.17, 15) is 22.8 Å². The summed E-state index contributed by atoms with van der Waals surface area (Å²) in [6.07, 6.45) is -3.65. The maximum absolute atomic E-state index is 12.8. The van der Waals surface area contributed by atoms with E-state index < -0.39 is 41.8 Å². The minimum Gasteiger partial charge on any atom is -0.444 e. The number of alkyl halides is 3. The summed E-state index contributed by atoms with van der Waals surface area (Å²) >= 11 is 0. The van der Waals surface area contributed by atoms with Gasteiger partial charge in [-0.05, 0) is 101 Å². The van der Waals surface area contributed by atoms with Gasteiger partial charge in [0.2, 0.25) is 0 Å². The fourth-order valence-corrected chi connectivity index (χ4v) is 5.67. The SMILES string of the molecule is Cc1ccc(NC(=O)N2CC[C@@H](CC(F)(F)F)C2)cc1-c1cc(N)nc(N2CCC[C@](C)(NC(=O)OC(C)(C)C)C2)c1. The van der Waals surface area contributed by atoms with Crippen LogP contribution in [0.5, 0.6) is 0 Å². The zero-order valence-corrected chi connectivity index (χ0v) is 24.9. The molecule has 12 heteroatoms. The fraction of sp³-hybridized carbons (Fsp3) is 0.567. The van der Waals surface area contributed by atoms with E-state index >= 15 is 0 Å². The van der Waals surface area contributed by atoms with Crippen molar-refractivity contribution in [3.63, 3.8) is 0 Å². The molecule has 9 nitrogen and oxygen atoms in total. The molecule has 42 heavy (non-hydrogen) atoms. The molecule has 4 N–H and O–H groups in total. The molecule has 4 rings (SSSR count). The lowest BCUT2D eigenvalue weighted by Crippen LogP contribution is -2.57. The van der Waals surface area contributed by atoms with Crippen molar-refractivity contribution in [2.45, 2.75) is 77.6 Å². The lowest BCUT2D eigenvalue weighted by molar-refractivity contribution is -0.143. The van der Waals surface area contributed by atoms with E-state index in [4.69, 9.17) is 10.5 Å². The number of nitrogens with one attached hydrogen (secondary N) is 2. The summed E-state index contributed by atoms with van der Waals surface area (Å²) in [4.78, 5) is 33.4. The Labute approximate surface area is 245 Å². The predicted molar refractivity (Wildman–Crippen MR) is 157 cm³/mol. The van der Waals surface area contributed by atoms with Gasteiger partial charge in [-0.1, -0.05) is 6.07 Å². The highest BCUT2D eigenvalue weighted by atomic mass is 19.4. The number of hydrogen-bond acceptors (Lipinski definition) is 6. The number of piperidine rings is 1. The predicted octanol–water partition coefficient (Wildman–Crippen LogP) is 6.33. The highest BCUT2D eigenvalue weighted by Crippen LogP contribution is 2.34. The Morgan fingerprint density at radius 3 is 2.60 bits per heavy atom. The van der Waals surface area contributed by atoms with Gasteiger partial charge in [0.1, 0.15) is 17.2 Å². The summed E-state index contributed by atoms with van der Waals surface area (Å²) < 4.78 is 43.8. The lowest BCUT2D eigenvalue weighted by atomic mass is 9.91. The molecule has 2 saturated heterocycles. The Balaban J connectivity index is 1.49. The van der Waals surface area contributed by atoms with Crippen molar-refractivity contribution in [3.8, 4) is 11.1 Å². The number of halogens is 3. The number of ether oxygens (including phenoxy) is 1. The van der Waals surface area contributed by atoms with Crippen LogP contribution in [0, 0.1) is 12.8 Å². The maximum Gasteiger partial charge on any atom is 0.408 e. The van der Waals surface area contributed by atoms with Crippen molar-refractivity contribution < 1.29 is 27.5 Å². The molecule has 0 aliphatic carbocycles. The van der Waals surface area contributed by atoms with Gasteiger partial charge in [-0.25, -0.2) is 14.6 Å². The van der Waals surface area contributed by atoms with Crippen molar-refractivity contribution >= 4 is 29.4 Å². The van der Waals surface area contributed by atoms with Crippen molar-refractivity contribution in [2.24, 2.45) is 5.92 Å². The lowest BCUT2D eigenvalue weighted by Gasteiger charge is -2.41. The first-order valence-electron chi connectivity index (χ1n) is 14.3. The van der Waals surface area contributed by atoms with E-state index in [-0.39, 0.29) is 13.1 Å². The largest absolute Gasteiger partial charge is 0.444 e. The molecule has 3 heterocycles. The zero-order valence-electron chi connectivity index (χ0n) is 24.9. The summed E-state index contributed by atoms with van der Waals surface area (Å²) in [7, 11) is 0. The molecule has 1 aromatic carbocycles. The Morgan fingerprint density at radius 2 is 1.90 bits per heavy atom. The number of nitrogens with zero attached hydrogens (tertiary/aromatic N) is 3. The number of carbonyl (C=O) groups excluding carboxylic acids is 2. The van der Waals surface area contributed by atoms with Crippen molar-refractivity contribution in [1.82, 2.24) is 15.2 Å². The number of aromatic nitrogens is 1.